The van der Waals surface area contributed by atoms with Crippen molar-refractivity contribution in [3.8, 4) is 5.69 Å². The van der Waals surface area contributed by atoms with E-state index in [9.17, 15) is 9.18 Å². The van der Waals surface area contributed by atoms with Crippen molar-refractivity contribution in [2.24, 2.45) is 0 Å². The van der Waals surface area contributed by atoms with E-state index in [1.165, 1.54) is 18.2 Å². The van der Waals surface area contributed by atoms with Gasteiger partial charge >= 0.3 is 5.97 Å². The number of carbonyl (C=O) groups is 1. The largest absolute Gasteiger partial charge is 0.478 e. The van der Waals surface area contributed by atoms with E-state index < -0.39 is 11.8 Å². The van der Waals surface area contributed by atoms with Crippen LogP contribution in [0.1, 0.15) is 17.0 Å². The standard InChI is InChI=1S/C15H13ClFNO2/c1-9-7-11(3-6-15(19)20)10(2)18(9)14-5-4-12(17)8-13(14)16/h3-8H,1-2H3,(H,19,20)/b6-3+. The summed E-state index contributed by atoms with van der Waals surface area (Å²) in [5.41, 5.74) is 3.18. The Morgan fingerprint density at radius 2 is 2.05 bits per heavy atom. The summed E-state index contributed by atoms with van der Waals surface area (Å²) in [5, 5.41) is 8.98. The Morgan fingerprint density at radius 3 is 2.65 bits per heavy atom. The molecule has 5 heteroatoms. The van der Waals surface area contributed by atoms with E-state index in [0.29, 0.717) is 10.7 Å². The van der Waals surface area contributed by atoms with Crippen LogP contribution in [0.2, 0.25) is 5.02 Å². The highest BCUT2D eigenvalue weighted by atomic mass is 35.5. The Morgan fingerprint density at radius 1 is 1.35 bits per heavy atom. The number of aliphatic carboxylic acids is 1. The van der Waals surface area contributed by atoms with E-state index in [4.69, 9.17) is 16.7 Å². The highest BCUT2D eigenvalue weighted by Gasteiger charge is 2.12. The van der Waals surface area contributed by atoms with E-state index in [1.54, 1.807) is 6.07 Å². The summed E-state index contributed by atoms with van der Waals surface area (Å²) in [6.07, 6.45) is 2.61. The second-order valence-electron chi connectivity index (χ2n) is 4.43. The summed E-state index contributed by atoms with van der Waals surface area (Å²) in [7, 11) is 0. The van der Waals surface area contributed by atoms with Gasteiger partial charge in [0.1, 0.15) is 5.82 Å². The summed E-state index contributed by atoms with van der Waals surface area (Å²) in [4.78, 5) is 10.6. The maximum absolute atomic E-state index is 13.1. The molecule has 2 aromatic rings. The zero-order chi connectivity index (χ0) is 14.9. The van der Waals surface area contributed by atoms with E-state index >= 15 is 0 Å². The molecule has 104 valence electrons. The fourth-order valence-electron chi connectivity index (χ4n) is 2.15. The lowest BCUT2D eigenvalue weighted by Gasteiger charge is -2.11. The van der Waals surface area contributed by atoms with Gasteiger partial charge in [0.15, 0.2) is 0 Å². The monoisotopic (exact) mass is 293 g/mol. The van der Waals surface area contributed by atoms with Crippen molar-refractivity contribution in [3.05, 3.63) is 58.1 Å². The average Bonchev–Trinajstić information content (AvgIpc) is 2.63. The van der Waals surface area contributed by atoms with Crippen LogP contribution in [0.4, 0.5) is 4.39 Å². The zero-order valence-corrected chi connectivity index (χ0v) is 11.8. The molecule has 0 unspecified atom stereocenters. The van der Waals surface area contributed by atoms with Crippen molar-refractivity contribution in [3.63, 3.8) is 0 Å². The molecule has 0 amide bonds. The van der Waals surface area contributed by atoms with Crippen LogP contribution in [0, 0.1) is 19.7 Å². The molecule has 0 aliphatic rings. The molecule has 0 saturated carbocycles. The summed E-state index contributed by atoms with van der Waals surface area (Å²) >= 11 is 6.07. The Bertz CT molecular complexity index is 704. The molecule has 1 N–H and O–H groups in total. The quantitative estimate of drug-likeness (QED) is 0.870. The number of halogens is 2. The van der Waals surface area contributed by atoms with Crippen LogP contribution < -0.4 is 0 Å². The molecule has 2 rings (SSSR count). The van der Waals surface area contributed by atoms with Crippen molar-refractivity contribution < 1.29 is 14.3 Å². The van der Waals surface area contributed by atoms with Crippen LogP contribution in [0.25, 0.3) is 11.8 Å². The van der Waals surface area contributed by atoms with Crippen molar-refractivity contribution in [1.82, 2.24) is 4.57 Å². The lowest BCUT2D eigenvalue weighted by molar-refractivity contribution is -0.131. The molecule has 1 heterocycles. The van der Waals surface area contributed by atoms with Gasteiger partial charge in [-0.1, -0.05) is 11.6 Å². The molecule has 3 nitrogen and oxygen atoms in total. The summed E-state index contributed by atoms with van der Waals surface area (Å²) in [6.45, 7) is 3.74. The molecule has 1 aromatic heterocycles. The van der Waals surface area contributed by atoms with Crippen LogP contribution in [0.15, 0.2) is 30.3 Å². The van der Waals surface area contributed by atoms with Gasteiger partial charge in [0.05, 0.1) is 10.7 Å². The van der Waals surface area contributed by atoms with E-state index in [2.05, 4.69) is 0 Å². The molecule has 0 bridgehead atoms. The number of nitrogens with zero attached hydrogens (tertiary/aromatic N) is 1. The third-order valence-corrected chi connectivity index (χ3v) is 3.33. The van der Waals surface area contributed by atoms with Crippen molar-refractivity contribution >= 4 is 23.6 Å². The number of hydrogen-bond acceptors (Lipinski definition) is 1. The summed E-state index contributed by atoms with van der Waals surface area (Å²) < 4.78 is 15.0. The average molecular weight is 294 g/mol. The van der Waals surface area contributed by atoms with Gasteiger partial charge in [0.25, 0.3) is 0 Å². The van der Waals surface area contributed by atoms with Gasteiger partial charge in [0.2, 0.25) is 0 Å². The van der Waals surface area contributed by atoms with Crippen LogP contribution >= 0.6 is 11.6 Å². The van der Waals surface area contributed by atoms with Crippen molar-refractivity contribution in [1.29, 1.82) is 0 Å². The Labute approximate surface area is 120 Å². The third-order valence-electron chi connectivity index (χ3n) is 3.03. The van der Waals surface area contributed by atoms with Gasteiger partial charge in [-0.15, -0.1) is 0 Å². The molecule has 0 spiro atoms. The predicted molar refractivity (Wildman–Crippen MR) is 76.9 cm³/mol. The summed E-state index contributed by atoms with van der Waals surface area (Å²) in [5.74, 6) is -1.40. The molecular formula is C15H13ClFNO2. The van der Waals surface area contributed by atoms with Crippen molar-refractivity contribution in [2.75, 3.05) is 0 Å². The number of carboxylic acid groups (broad SMARTS) is 1. The second-order valence-corrected chi connectivity index (χ2v) is 4.84. The first kappa shape index (κ1) is 14.3. The Balaban J connectivity index is 2.55. The Hall–Kier alpha value is -2.07. The molecule has 0 aliphatic heterocycles. The lowest BCUT2D eigenvalue weighted by Crippen LogP contribution is -2.00. The molecule has 0 radical (unpaired) electrons. The van der Waals surface area contributed by atoms with E-state index in [1.807, 2.05) is 24.5 Å². The normalized spacial score (nSPS) is 11.2. The number of aryl methyl sites for hydroxylation is 1. The third kappa shape index (κ3) is 2.75. The predicted octanol–water partition coefficient (Wildman–Crippen LogP) is 3.98. The summed E-state index contributed by atoms with van der Waals surface area (Å²) in [6, 6.07) is 6.05. The Kier molecular flexibility index (Phi) is 3.95. The van der Waals surface area contributed by atoms with Gasteiger partial charge in [-0.25, -0.2) is 9.18 Å². The minimum absolute atomic E-state index is 0.306. The highest BCUT2D eigenvalue weighted by Crippen LogP contribution is 2.27. The number of hydrogen-bond donors (Lipinski definition) is 1. The maximum Gasteiger partial charge on any atom is 0.328 e. The number of rotatable bonds is 3. The zero-order valence-electron chi connectivity index (χ0n) is 11.0. The van der Waals surface area contributed by atoms with Crippen molar-refractivity contribution in [2.45, 2.75) is 13.8 Å². The molecule has 0 saturated heterocycles. The van der Waals surface area contributed by atoms with Gasteiger partial charge in [-0.3, -0.25) is 0 Å². The number of aromatic nitrogens is 1. The highest BCUT2D eigenvalue weighted by molar-refractivity contribution is 6.32. The minimum atomic E-state index is -1.00. The molecule has 1 aromatic carbocycles. The number of carboxylic acids is 1. The lowest BCUT2D eigenvalue weighted by atomic mass is 10.2. The van der Waals surface area contributed by atoms with Crippen LogP contribution in [0.3, 0.4) is 0 Å². The number of benzene rings is 1. The van der Waals surface area contributed by atoms with Crippen LogP contribution in [0.5, 0.6) is 0 Å². The molecule has 0 atom stereocenters. The van der Waals surface area contributed by atoms with Gasteiger partial charge < -0.3 is 9.67 Å². The van der Waals surface area contributed by atoms with E-state index in [-0.39, 0.29) is 0 Å². The van der Waals surface area contributed by atoms with E-state index in [0.717, 1.165) is 23.0 Å². The first-order chi connectivity index (χ1) is 9.40. The maximum atomic E-state index is 13.1. The minimum Gasteiger partial charge on any atom is -0.478 e. The first-order valence-electron chi connectivity index (χ1n) is 5.95. The van der Waals surface area contributed by atoms with Crippen LogP contribution in [-0.4, -0.2) is 15.6 Å². The molecule has 0 fully saturated rings. The molecular weight excluding hydrogens is 281 g/mol. The van der Waals surface area contributed by atoms with Gasteiger partial charge in [-0.2, -0.15) is 0 Å². The first-order valence-corrected chi connectivity index (χ1v) is 6.33. The second kappa shape index (κ2) is 5.51. The fourth-order valence-corrected chi connectivity index (χ4v) is 2.40. The molecule has 20 heavy (non-hydrogen) atoms. The SMILES string of the molecule is Cc1cc(/C=C/C(=O)O)c(C)n1-c1ccc(F)cc1Cl. The fraction of sp³-hybridized carbons (Fsp3) is 0.133. The molecule has 0 aliphatic carbocycles. The topological polar surface area (TPSA) is 42.2 Å². The smallest absolute Gasteiger partial charge is 0.328 e. The van der Waals surface area contributed by atoms with Gasteiger partial charge in [-0.05, 0) is 49.8 Å². The van der Waals surface area contributed by atoms with Crippen LogP contribution in [-0.2, 0) is 4.79 Å². The van der Waals surface area contributed by atoms with Gasteiger partial charge in [0, 0.05) is 17.5 Å².